The van der Waals surface area contributed by atoms with Gasteiger partial charge < -0.3 is 19.9 Å². The number of imidazole rings is 1. The third-order valence-corrected chi connectivity index (χ3v) is 4.74. The third kappa shape index (κ3) is 5.51. The van der Waals surface area contributed by atoms with Crippen molar-refractivity contribution in [3.05, 3.63) is 83.4 Å². The van der Waals surface area contributed by atoms with Gasteiger partial charge in [0, 0.05) is 36.1 Å². The Hall–Kier alpha value is -3.61. The van der Waals surface area contributed by atoms with Gasteiger partial charge in [-0.1, -0.05) is 12.1 Å². The monoisotopic (exact) mass is 420 g/mol. The Balaban J connectivity index is 1.82. The van der Waals surface area contributed by atoms with Gasteiger partial charge >= 0.3 is 0 Å². The number of ether oxygens (including phenoxy) is 1. The van der Waals surface area contributed by atoms with Gasteiger partial charge in [0.1, 0.15) is 17.6 Å². The van der Waals surface area contributed by atoms with E-state index in [1.54, 1.807) is 37.6 Å². The quantitative estimate of drug-likeness (QED) is 0.639. The highest BCUT2D eigenvalue weighted by molar-refractivity contribution is 5.98. The number of amides is 2. The molecule has 1 aromatic heterocycles. The highest BCUT2D eigenvalue weighted by Crippen LogP contribution is 2.23. The Morgan fingerprint density at radius 1 is 0.968 bits per heavy atom. The first-order valence-corrected chi connectivity index (χ1v) is 10.0. The fourth-order valence-electron chi connectivity index (χ4n) is 3.15. The van der Waals surface area contributed by atoms with Crippen LogP contribution in [0.2, 0.25) is 0 Å². The molecule has 0 fully saturated rings. The van der Waals surface area contributed by atoms with Crippen LogP contribution in [-0.2, 0) is 7.05 Å². The van der Waals surface area contributed by atoms with Crippen LogP contribution >= 0.6 is 0 Å². The van der Waals surface area contributed by atoms with Gasteiger partial charge in [0.05, 0.1) is 7.11 Å². The van der Waals surface area contributed by atoms with E-state index in [-0.39, 0.29) is 17.4 Å². The van der Waals surface area contributed by atoms with Crippen LogP contribution in [0.25, 0.3) is 0 Å². The predicted molar refractivity (Wildman–Crippen MR) is 119 cm³/mol. The molecular formula is C24H28N4O3. The molecule has 2 N–H and O–H groups in total. The number of methoxy groups -OCH3 is 1. The van der Waals surface area contributed by atoms with E-state index in [2.05, 4.69) is 15.6 Å². The number of aryl methyl sites for hydroxylation is 1. The maximum atomic E-state index is 13.0. The summed E-state index contributed by atoms with van der Waals surface area (Å²) >= 11 is 0. The summed E-state index contributed by atoms with van der Waals surface area (Å²) in [4.78, 5) is 29.7. The van der Waals surface area contributed by atoms with Crippen LogP contribution in [0.5, 0.6) is 5.75 Å². The van der Waals surface area contributed by atoms with Crippen molar-refractivity contribution < 1.29 is 14.3 Å². The lowest BCUT2D eigenvalue weighted by atomic mass is 10.0. The molecule has 0 radical (unpaired) electrons. The van der Waals surface area contributed by atoms with Gasteiger partial charge in [-0.2, -0.15) is 0 Å². The molecule has 0 saturated heterocycles. The maximum absolute atomic E-state index is 13.0. The van der Waals surface area contributed by atoms with Crippen LogP contribution in [0, 0.1) is 0 Å². The van der Waals surface area contributed by atoms with Crippen LogP contribution in [0.4, 0.5) is 0 Å². The molecule has 0 aliphatic heterocycles. The normalized spacial score (nSPS) is 12.2. The third-order valence-electron chi connectivity index (χ3n) is 4.74. The number of carbonyl (C=O) groups is 2. The lowest BCUT2D eigenvalue weighted by molar-refractivity contribution is 0.0913. The number of aromatic nitrogens is 2. The molecular weight excluding hydrogens is 392 g/mol. The van der Waals surface area contributed by atoms with Crippen molar-refractivity contribution in [3.8, 4) is 5.75 Å². The van der Waals surface area contributed by atoms with E-state index in [4.69, 9.17) is 4.74 Å². The molecule has 3 rings (SSSR count). The first kappa shape index (κ1) is 22.1. The standard InChI is InChI=1S/C24H28N4O3/c1-24(2,3)27-23(30)18-8-6-17(7-9-18)22(29)26-20(21-25-14-15-28(21)4)16-10-12-19(31-5)13-11-16/h6-15,20H,1-5H3,(H,26,29)(H,27,30). The molecule has 0 bridgehead atoms. The number of nitrogens with zero attached hydrogens (tertiary/aromatic N) is 2. The van der Waals surface area contributed by atoms with Gasteiger partial charge in [-0.3, -0.25) is 9.59 Å². The van der Waals surface area contributed by atoms with E-state index in [1.807, 2.05) is 62.8 Å². The minimum Gasteiger partial charge on any atom is -0.497 e. The summed E-state index contributed by atoms with van der Waals surface area (Å²) in [7, 11) is 3.49. The molecule has 2 aromatic carbocycles. The number of hydrogen-bond acceptors (Lipinski definition) is 4. The van der Waals surface area contributed by atoms with Crippen molar-refractivity contribution in [2.75, 3.05) is 7.11 Å². The van der Waals surface area contributed by atoms with E-state index < -0.39 is 6.04 Å². The molecule has 2 amide bonds. The summed E-state index contributed by atoms with van der Waals surface area (Å²) < 4.78 is 7.10. The topological polar surface area (TPSA) is 85.2 Å². The van der Waals surface area contributed by atoms with Gasteiger partial charge in [-0.25, -0.2) is 4.98 Å². The Kier molecular flexibility index (Phi) is 6.44. The largest absolute Gasteiger partial charge is 0.497 e. The summed E-state index contributed by atoms with van der Waals surface area (Å²) in [5.41, 5.74) is 1.51. The maximum Gasteiger partial charge on any atom is 0.252 e. The number of carbonyl (C=O) groups excluding carboxylic acids is 2. The van der Waals surface area contributed by atoms with Crippen LogP contribution in [0.15, 0.2) is 60.9 Å². The smallest absolute Gasteiger partial charge is 0.252 e. The van der Waals surface area contributed by atoms with Crippen LogP contribution < -0.4 is 15.4 Å². The van der Waals surface area contributed by atoms with E-state index in [1.165, 1.54) is 0 Å². The SMILES string of the molecule is COc1ccc(C(NC(=O)c2ccc(C(=O)NC(C)(C)C)cc2)c2nccn2C)cc1. The molecule has 7 heteroatoms. The molecule has 0 spiro atoms. The second kappa shape index (κ2) is 9.04. The van der Waals surface area contributed by atoms with Gasteiger partial charge in [-0.05, 0) is 62.7 Å². The van der Waals surface area contributed by atoms with E-state index in [0.717, 1.165) is 11.3 Å². The Labute approximate surface area is 182 Å². The summed E-state index contributed by atoms with van der Waals surface area (Å²) in [5, 5.41) is 5.96. The molecule has 7 nitrogen and oxygen atoms in total. The molecule has 0 saturated carbocycles. The second-order valence-corrected chi connectivity index (χ2v) is 8.36. The Bertz CT molecular complexity index is 1050. The number of rotatable bonds is 6. The minimum absolute atomic E-state index is 0.177. The number of hydrogen-bond donors (Lipinski definition) is 2. The van der Waals surface area contributed by atoms with Crippen molar-refractivity contribution in [1.29, 1.82) is 0 Å². The number of benzene rings is 2. The molecule has 31 heavy (non-hydrogen) atoms. The minimum atomic E-state index is -0.442. The van der Waals surface area contributed by atoms with Crippen LogP contribution in [-0.4, -0.2) is 34.0 Å². The van der Waals surface area contributed by atoms with Crippen LogP contribution in [0.1, 0.15) is 58.9 Å². The van der Waals surface area contributed by atoms with Crippen molar-refractivity contribution in [1.82, 2.24) is 20.2 Å². The van der Waals surface area contributed by atoms with E-state index in [0.29, 0.717) is 17.0 Å². The summed E-state index contributed by atoms with van der Waals surface area (Å²) in [6.07, 6.45) is 3.53. The zero-order valence-corrected chi connectivity index (χ0v) is 18.5. The number of nitrogens with one attached hydrogen (secondary N) is 2. The highest BCUT2D eigenvalue weighted by Gasteiger charge is 2.22. The molecule has 1 unspecified atom stereocenters. The van der Waals surface area contributed by atoms with E-state index in [9.17, 15) is 9.59 Å². The fraction of sp³-hybridized carbons (Fsp3) is 0.292. The molecule has 162 valence electrons. The predicted octanol–water partition coefficient (Wildman–Crippen LogP) is 3.48. The van der Waals surface area contributed by atoms with Gasteiger partial charge in [0.25, 0.3) is 11.8 Å². The average molecular weight is 421 g/mol. The van der Waals surface area contributed by atoms with Gasteiger partial charge in [-0.15, -0.1) is 0 Å². The highest BCUT2D eigenvalue weighted by atomic mass is 16.5. The molecule has 3 aromatic rings. The molecule has 1 atom stereocenters. The van der Waals surface area contributed by atoms with Gasteiger partial charge in [0.2, 0.25) is 0 Å². The zero-order valence-electron chi connectivity index (χ0n) is 18.5. The zero-order chi connectivity index (χ0) is 22.6. The van der Waals surface area contributed by atoms with Crippen molar-refractivity contribution in [2.45, 2.75) is 32.4 Å². The van der Waals surface area contributed by atoms with Crippen molar-refractivity contribution in [2.24, 2.45) is 7.05 Å². The molecule has 1 heterocycles. The van der Waals surface area contributed by atoms with Gasteiger partial charge in [0.15, 0.2) is 0 Å². The summed E-state index contributed by atoms with van der Waals surface area (Å²) in [6.45, 7) is 5.76. The lowest BCUT2D eigenvalue weighted by Gasteiger charge is -2.21. The lowest BCUT2D eigenvalue weighted by Crippen LogP contribution is -2.40. The van der Waals surface area contributed by atoms with Crippen LogP contribution in [0.3, 0.4) is 0 Å². The fourth-order valence-corrected chi connectivity index (χ4v) is 3.15. The van der Waals surface area contributed by atoms with E-state index >= 15 is 0 Å². The first-order chi connectivity index (χ1) is 14.7. The molecule has 0 aliphatic rings. The average Bonchev–Trinajstić information content (AvgIpc) is 3.16. The summed E-state index contributed by atoms with van der Waals surface area (Å²) in [6, 6.07) is 13.7. The Morgan fingerprint density at radius 2 is 1.55 bits per heavy atom. The molecule has 0 aliphatic carbocycles. The Morgan fingerprint density at radius 3 is 2.03 bits per heavy atom. The van der Waals surface area contributed by atoms with Crippen molar-refractivity contribution in [3.63, 3.8) is 0 Å². The first-order valence-electron chi connectivity index (χ1n) is 10.0. The second-order valence-electron chi connectivity index (χ2n) is 8.36. The van der Waals surface area contributed by atoms with Crippen molar-refractivity contribution >= 4 is 11.8 Å². The summed E-state index contributed by atoms with van der Waals surface area (Å²) in [5.74, 6) is 1.01.